The van der Waals surface area contributed by atoms with Crippen LogP contribution in [0.15, 0.2) is 30.3 Å². The van der Waals surface area contributed by atoms with Gasteiger partial charge < -0.3 is 21.1 Å². The fraction of sp³-hybridized carbons (Fsp3) is 0.333. The van der Waals surface area contributed by atoms with Crippen LogP contribution < -0.4 is 16.4 Å². The SMILES string of the molecule is Nc1nc(Nc2ccccc2)nc(NC[C@H]2CCCO2)c1[N+](=O)[O-]. The van der Waals surface area contributed by atoms with E-state index in [1.165, 1.54) is 0 Å². The van der Waals surface area contributed by atoms with Gasteiger partial charge in [-0.15, -0.1) is 0 Å². The average molecular weight is 330 g/mol. The van der Waals surface area contributed by atoms with Crippen LogP contribution >= 0.6 is 0 Å². The number of benzene rings is 1. The van der Waals surface area contributed by atoms with Crippen molar-refractivity contribution in [1.82, 2.24) is 9.97 Å². The molecule has 1 aromatic carbocycles. The molecule has 0 saturated carbocycles. The lowest BCUT2D eigenvalue weighted by atomic mass is 10.2. The van der Waals surface area contributed by atoms with Gasteiger partial charge in [0.2, 0.25) is 17.6 Å². The third-order valence-electron chi connectivity index (χ3n) is 3.64. The Bertz CT molecular complexity index is 719. The van der Waals surface area contributed by atoms with Gasteiger partial charge >= 0.3 is 5.69 Å². The van der Waals surface area contributed by atoms with Gasteiger partial charge in [0.15, 0.2) is 0 Å². The molecule has 1 aliphatic rings. The van der Waals surface area contributed by atoms with Crippen LogP contribution in [-0.4, -0.2) is 34.1 Å². The normalized spacial score (nSPS) is 16.8. The molecular formula is C15H18N6O3. The topological polar surface area (TPSA) is 128 Å². The van der Waals surface area contributed by atoms with E-state index in [4.69, 9.17) is 10.5 Å². The Kier molecular flexibility index (Phi) is 4.71. The maximum absolute atomic E-state index is 11.3. The lowest BCUT2D eigenvalue weighted by molar-refractivity contribution is -0.383. The molecule has 24 heavy (non-hydrogen) atoms. The molecule has 1 aromatic heterocycles. The van der Waals surface area contributed by atoms with E-state index in [0.29, 0.717) is 13.2 Å². The van der Waals surface area contributed by atoms with Crippen molar-refractivity contribution in [3.8, 4) is 0 Å². The summed E-state index contributed by atoms with van der Waals surface area (Å²) in [5.74, 6) is 0.0869. The number of nitrogens with zero attached hydrogens (tertiary/aromatic N) is 3. The fourth-order valence-corrected chi connectivity index (χ4v) is 2.50. The third-order valence-corrected chi connectivity index (χ3v) is 3.64. The van der Waals surface area contributed by atoms with Crippen molar-refractivity contribution in [2.75, 3.05) is 29.5 Å². The molecule has 9 heteroatoms. The molecule has 9 nitrogen and oxygen atoms in total. The number of nitrogen functional groups attached to an aromatic ring is 1. The van der Waals surface area contributed by atoms with Crippen LogP contribution in [0.4, 0.5) is 29.0 Å². The molecule has 0 radical (unpaired) electrons. The zero-order valence-electron chi connectivity index (χ0n) is 12.9. The largest absolute Gasteiger partial charge is 0.378 e. The van der Waals surface area contributed by atoms with Crippen LogP contribution in [0.3, 0.4) is 0 Å². The second-order valence-electron chi connectivity index (χ2n) is 5.39. The highest BCUT2D eigenvalue weighted by Gasteiger charge is 2.24. The Labute approximate surface area is 138 Å². The van der Waals surface area contributed by atoms with Crippen molar-refractivity contribution in [1.29, 1.82) is 0 Å². The molecule has 126 valence electrons. The van der Waals surface area contributed by atoms with E-state index in [9.17, 15) is 10.1 Å². The summed E-state index contributed by atoms with van der Waals surface area (Å²) in [7, 11) is 0. The molecule has 0 aliphatic carbocycles. The number of ether oxygens (including phenoxy) is 1. The number of nitro groups is 1. The van der Waals surface area contributed by atoms with E-state index in [-0.39, 0.29) is 29.4 Å². The van der Waals surface area contributed by atoms with Crippen LogP contribution in [-0.2, 0) is 4.74 Å². The molecule has 4 N–H and O–H groups in total. The Morgan fingerprint density at radius 1 is 1.33 bits per heavy atom. The lowest BCUT2D eigenvalue weighted by Gasteiger charge is -2.13. The summed E-state index contributed by atoms with van der Waals surface area (Å²) in [6, 6.07) is 9.26. The summed E-state index contributed by atoms with van der Waals surface area (Å²) >= 11 is 0. The maximum atomic E-state index is 11.3. The van der Waals surface area contributed by atoms with Crippen molar-refractivity contribution in [2.24, 2.45) is 0 Å². The Morgan fingerprint density at radius 3 is 2.79 bits per heavy atom. The molecular weight excluding hydrogens is 312 g/mol. The first kappa shape index (κ1) is 15.9. The number of aromatic nitrogens is 2. The Hall–Kier alpha value is -2.94. The van der Waals surface area contributed by atoms with E-state index < -0.39 is 4.92 Å². The highest BCUT2D eigenvalue weighted by Crippen LogP contribution is 2.30. The maximum Gasteiger partial charge on any atom is 0.353 e. The minimum Gasteiger partial charge on any atom is -0.378 e. The summed E-state index contributed by atoms with van der Waals surface area (Å²) in [5, 5.41) is 17.2. The number of rotatable bonds is 6. The second kappa shape index (κ2) is 7.09. The molecule has 0 amide bonds. The molecule has 1 aliphatic heterocycles. The van der Waals surface area contributed by atoms with Crippen molar-refractivity contribution in [3.05, 3.63) is 40.4 Å². The van der Waals surface area contributed by atoms with Gasteiger partial charge in [0, 0.05) is 18.8 Å². The molecule has 3 rings (SSSR count). The van der Waals surface area contributed by atoms with Gasteiger partial charge in [-0.1, -0.05) is 18.2 Å². The first-order valence-electron chi connectivity index (χ1n) is 7.63. The third kappa shape index (κ3) is 3.69. The smallest absolute Gasteiger partial charge is 0.353 e. The quantitative estimate of drug-likeness (QED) is 0.543. The van der Waals surface area contributed by atoms with Gasteiger partial charge in [-0.25, -0.2) is 0 Å². The summed E-state index contributed by atoms with van der Waals surface area (Å²) in [6.07, 6.45) is 1.92. The number of hydrogen-bond acceptors (Lipinski definition) is 8. The Morgan fingerprint density at radius 2 is 2.12 bits per heavy atom. The minimum absolute atomic E-state index is 0.0197. The van der Waals surface area contributed by atoms with Gasteiger partial charge in [0.25, 0.3) is 0 Å². The monoisotopic (exact) mass is 330 g/mol. The van der Waals surface area contributed by atoms with Crippen LogP contribution in [0, 0.1) is 10.1 Å². The summed E-state index contributed by atoms with van der Waals surface area (Å²) in [4.78, 5) is 18.9. The van der Waals surface area contributed by atoms with E-state index >= 15 is 0 Å². The van der Waals surface area contributed by atoms with Crippen LogP contribution in [0.1, 0.15) is 12.8 Å². The molecule has 0 spiro atoms. The van der Waals surface area contributed by atoms with Gasteiger partial charge in [-0.05, 0) is 25.0 Å². The minimum atomic E-state index is -0.584. The number of hydrogen-bond donors (Lipinski definition) is 3. The van der Waals surface area contributed by atoms with Crippen LogP contribution in [0.5, 0.6) is 0 Å². The highest BCUT2D eigenvalue weighted by atomic mass is 16.6. The van der Waals surface area contributed by atoms with Crippen LogP contribution in [0.25, 0.3) is 0 Å². The van der Waals surface area contributed by atoms with Gasteiger partial charge in [-0.3, -0.25) is 10.1 Å². The molecule has 0 unspecified atom stereocenters. The zero-order chi connectivity index (χ0) is 16.9. The van der Waals surface area contributed by atoms with E-state index in [0.717, 1.165) is 18.5 Å². The van der Waals surface area contributed by atoms with Crippen molar-refractivity contribution in [3.63, 3.8) is 0 Å². The van der Waals surface area contributed by atoms with E-state index in [1.54, 1.807) is 0 Å². The molecule has 2 heterocycles. The van der Waals surface area contributed by atoms with Gasteiger partial charge in [0.05, 0.1) is 11.0 Å². The first-order chi connectivity index (χ1) is 11.6. The first-order valence-corrected chi connectivity index (χ1v) is 7.63. The number of para-hydroxylation sites is 1. The average Bonchev–Trinajstić information content (AvgIpc) is 3.06. The highest BCUT2D eigenvalue weighted by molar-refractivity contribution is 5.71. The van der Waals surface area contributed by atoms with Crippen LogP contribution in [0.2, 0.25) is 0 Å². The molecule has 1 fully saturated rings. The number of nitrogens with one attached hydrogen (secondary N) is 2. The predicted octanol–water partition coefficient (Wildman–Crippen LogP) is 2.30. The van der Waals surface area contributed by atoms with Gasteiger partial charge in [0.1, 0.15) is 0 Å². The standard InChI is InChI=1S/C15H18N6O3/c16-13-12(21(22)23)14(17-9-11-7-4-8-24-11)20-15(19-13)18-10-5-2-1-3-6-10/h1-3,5-6,11H,4,7-9H2,(H4,16,17,18,19,20)/t11-/m1/s1. The molecule has 1 saturated heterocycles. The summed E-state index contributed by atoms with van der Waals surface area (Å²) < 4.78 is 5.51. The second-order valence-corrected chi connectivity index (χ2v) is 5.39. The lowest BCUT2D eigenvalue weighted by Crippen LogP contribution is -2.20. The van der Waals surface area contributed by atoms with Crippen molar-refractivity contribution < 1.29 is 9.66 Å². The molecule has 0 bridgehead atoms. The van der Waals surface area contributed by atoms with Crippen molar-refractivity contribution >= 4 is 29.0 Å². The van der Waals surface area contributed by atoms with E-state index in [2.05, 4.69) is 20.6 Å². The Balaban J connectivity index is 1.84. The zero-order valence-corrected chi connectivity index (χ0v) is 12.9. The summed E-state index contributed by atoms with van der Waals surface area (Å²) in [6.45, 7) is 1.14. The van der Waals surface area contributed by atoms with Gasteiger partial charge in [-0.2, -0.15) is 9.97 Å². The predicted molar refractivity (Wildman–Crippen MR) is 90.3 cm³/mol. The number of nitrogens with two attached hydrogens (primary N) is 1. The number of anilines is 4. The molecule has 2 aromatic rings. The van der Waals surface area contributed by atoms with Crippen molar-refractivity contribution in [2.45, 2.75) is 18.9 Å². The summed E-state index contributed by atoms with van der Waals surface area (Å²) in [5.41, 5.74) is 6.19. The molecule has 1 atom stereocenters. The van der Waals surface area contributed by atoms with E-state index in [1.807, 2.05) is 30.3 Å². The fourth-order valence-electron chi connectivity index (χ4n) is 2.50.